The molecule has 0 aliphatic heterocycles. The second-order valence-corrected chi connectivity index (χ2v) is 6.72. The van der Waals surface area contributed by atoms with Crippen LogP contribution in [0.2, 0.25) is 0 Å². The van der Waals surface area contributed by atoms with E-state index in [0.717, 1.165) is 6.42 Å². The maximum absolute atomic E-state index is 3.46. The normalized spacial score (nSPS) is 12.7. The van der Waals surface area contributed by atoms with E-state index in [0.29, 0.717) is 6.04 Å². The van der Waals surface area contributed by atoms with Crippen LogP contribution in [0.15, 0.2) is 24.3 Å². The van der Waals surface area contributed by atoms with Crippen LogP contribution in [0.25, 0.3) is 0 Å². The van der Waals surface area contributed by atoms with E-state index < -0.39 is 0 Å². The Bertz CT molecular complexity index is 529. The van der Waals surface area contributed by atoms with Crippen LogP contribution in [0, 0.1) is 27.7 Å². The van der Waals surface area contributed by atoms with E-state index in [1.807, 2.05) is 11.3 Å². The summed E-state index contributed by atoms with van der Waals surface area (Å²) in [6.45, 7) is 8.74. The van der Waals surface area contributed by atoms with Gasteiger partial charge < -0.3 is 5.32 Å². The lowest BCUT2D eigenvalue weighted by atomic mass is 10.00. The molecular weight excluding hydrogens is 250 g/mol. The second-order valence-electron chi connectivity index (χ2n) is 5.43. The van der Waals surface area contributed by atoms with E-state index in [-0.39, 0.29) is 0 Å². The minimum atomic E-state index is 0.415. The monoisotopic (exact) mass is 273 g/mol. The van der Waals surface area contributed by atoms with Gasteiger partial charge in [-0.25, -0.2) is 0 Å². The summed E-state index contributed by atoms with van der Waals surface area (Å²) in [6.07, 6.45) is 1.05. The van der Waals surface area contributed by atoms with Gasteiger partial charge in [-0.2, -0.15) is 0 Å². The van der Waals surface area contributed by atoms with Crippen LogP contribution in [0.3, 0.4) is 0 Å². The smallest absolute Gasteiger partial charge is 0.0453 e. The van der Waals surface area contributed by atoms with Crippen molar-refractivity contribution in [1.29, 1.82) is 0 Å². The fourth-order valence-electron chi connectivity index (χ4n) is 2.54. The molecule has 0 amide bonds. The summed E-state index contributed by atoms with van der Waals surface area (Å²) in [5.74, 6) is 0. The zero-order chi connectivity index (χ0) is 14.0. The predicted molar refractivity (Wildman–Crippen MR) is 85.2 cm³/mol. The van der Waals surface area contributed by atoms with Crippen molar-refractivity contribution in [2.24, 2.45) is 0 Å². The van der Waals surface area contributed by atoms with E-state index in [1.54, 1.807) is 0 Å². The summed E-state index contributed by atoms with van der Waals surface area (Å²) in [7, 11) is 2.05. The predicted octanol–water partition coefficient (Wildman–Crippen LogP) is 4.48. The number of aryl methyl sites for hydroxylation is 4. The second kappa shape index (κ2) is 5.89. The van der Waals surface area contributed by atoms with Gasteiger partial charge in [-0.3, -0.25) is 0 Å². The molecule has 0 bridgehead atoms. The van der Waals surface area contributed by atoms with E-state index in [4.69, 9.17) is 0 Å². The summed E-state index contributed by atoms with van der Waals surface area (Å²) >= 11 is 1.91. The average molecular weight is 273 g/mol. The minimum Gasteiger partial charge on any atom is -0.312 e. The van der Waals surface area contributed by atoms with Crippen molar-refractivity contribution in [2.75, 3.05) is 7.05 Å². The number of rotatable bonds is 4. The molecule has 0 saturated carbocycles. The molecule has 1 aromatic carbocycles. The molecule has 102 valence electrons. The number of benzene rings is 1. The molecule has 1 atom stereocenters. The van der Waals surface area contributed by atoms with E-state index in [9.17, 15) is 0 Å². The van der Waals surface area contributed by atoms with Crippen LogP contribution in [0.5, 0.6) is 0 Å². The Hall–Kier alpha value is -1.12. The summed E-state index contributed by atoms with van der Waals surface area (Å²) in [6, 6.07) is 9.56. The first-order valence-electron chi connectivity index (χ1n) is 6.81. The molecule has 2 heteroatoms. The van der Waals surface area contributed by atoms with Crippen molar-refractivity contribution in [3.8, 4) is 0 Å². The first-order valence-corrected chi connectivity index (χ1v) is 7.62. The Balaban J connectivity index is 2.23. The van der Waals surface area contributed by atoms with Crippen LogP contribution in [0.4, 0.5) is 0 Å². The third-order valence-corrected chi connectivity index (χ3v) is 4.86. The fourth-order valence-corrected chi connectivity index (χ4v) is 3.69. The topological polar surface area (TPSA) is 12.0 Å². The number of hydrogen-bond acceptors (Lipinski definition) is 2. The van der Waals surface area contributed by atoms with Gasteiger partial charge in [0.1, 0.15) is 0 Å². The van der Waals surface area contributed by atoms with Gasteiger partial charge in [-0.05, 0) is 58.4 Å². The quantitative estimate of drug-likeness (QED) is 0.865. The highest BCUT2D eigenvalue weighted by Crippen LogP contribution is 2.28. The van der Waals surface area contributed by atoms with Crippen molar-refractivity contribution < 1.29 is 0 Å². The Morgan fingerprint density at radius 1 is 1.00 bits per heavy atom. The van der Waals surface area contributed by atoms with Crippen LogP contribution in [-0.2, 0) is 6.42 Å². The summed E-state index contributed by atoms with van der Waals surface area (Å²) in [5.41, 5.74) is 5.52. The fraction of sp³-hybridized carbons (Fsp3) is 0.412. The van der Waals surface area contributed by atoms with Crippen molar-refractivity contribution in [3.63, 3.8) is 0 Å². The Morgan fingerprint density at radius 3 is 2.11 bits per heavy atom. The van der Waals surface area contributed by atoms with E-state index >= 15 is 0 Å². The Morgan fingerprint density at radius 2 is 1.63 bits per heavy atom. The zero-order valence-electron chi connectivity index (χ0n) is 12.5. The molecule has 19 heavy (non-hydrogen) atoms. The van der Waals surface area contributed by atoms with E-state index in [1.165, 1.54) is 32.0 Å². The van der Waals surface area contributed by atoms with Crippen LogP contribution < -0.4 is 5.32 Å². The lowest BCUT2D eigenvalue weighted by Gasteiger charge is -2.15. The molecule has 0 fully saturated rings. The maximum Gasteiger partial charge on any atom is 0.0453 e. The third-order valence-electron chi connectivity index (χ3n) is 3.60. The SMILES string of the molecule is CNC(Cc1cc(C)cc(C)c1)c1cc(C)c(C)s1. The van der Waals surface area contributed by atoms with Crippen molar-refractivity contribution in [1.82, 2.24) is 5.32 Å². The van der Waals surface area contributed by atoms with Crippen LogP contribution >= 0.6 is 11.3 Å². The van der Waals surface area contributed by atoms with Gasteiger partial charge >= 0.3 is 0 Å². The van der Waals surface area contributed by atoms with Crippen molar-refractivity contribution in [2.45, 2.75) is 40.2 Å². The summed E-state index contributed by atoms with van der Waals surface area (Å²) in [5, 5.41) is 3.46. The van der Waals surface area contributed by atoms with Gasteiger partial charge in [-0.15, -0.1) is 11.3 Å². The van der Waals surface area contributed by atoms with E-state index in [2.05, 4.69) is 64.3 Å². The molecule has 0 aliphatic carbocycles. The molecule has 1 nitrogen and oxygen atoms in total. The molecular formula is C17H23NS. The zero-order valence-corrected chi connectivity index (χ0v) is 13.3. The molecule has 1 N–H and O–H groups in total. The number of nitrogens with one attached hydrogen (secondary N) is 1. The molecule has 0 saturated heterocycles. The number of thiophene rings is 1. The highest BCUT2D eigenvalue weighted by Gasteiger charge is 2.14. The number of likely N-dealkylation sites (N-methyl/N-ethyl adjacent to an activating group) is 1. The van der Waals surface area contributed by atoms with Gasteiger partial charge in [0.25, 0.3) is 0 Å². The standard InChI is InChI=1S/C17H23NS/c1-11-6-12(2)8-15(7-11)10-16(18-5)17-9-13(3)14(4)19-17/h6-9,16,18H,10H2,1-5H3. The van der Waals surface area contributed by atoms with Gasteiger partial charge in [0.2, 0.25) is 0 Å². The molecule has 1 unspecified atom stereocenters. The molecule has 1 aromatic heterocycles. The molecule has 0 aliphatic rings. The molecule has 2 rings (SSSR count). The highest BCUT2D eigenvalue weighted by molar-refractivity contribution is 7.12. The summed E-state index contributed by atoms with van der Waals surface area (Å²) < 4.78 is 0. The van der Waals surface area contributed by atoms with Crippen LogP contribution in [0.1, 0.15) is 38.0 Å². The first-order chi connectivity index (χ1) is 8.99. The maximum atomic E-state index is 3.46. The van der Waals surface area contributed by atoms with Gasteiger partial charge in [0.05, 0.1) is 0 Å². The van der Waals surface area contributed by atoms with Gasteiger partial charge in [0.15, 0.2) is 0 Å². The largest absolute Gasteiger partial charge is 0.312 e. The van der Waals surface area contributed by atoms with Crippen molar-refractivity contribution >= 4 is 11.3 Å². The lowest BCUT2D eigenvalue weighted by Crippen LogP contribution is -2.17. The lowest BCUT2D eigenvalue weighted by molar-refractivity contribution is 0.601. The first kappa shape index (κ1) is 14.3. The summed E-state index contributed by atoms with van der Waals surface area (Å²) in [4.78, 5) is 2.87. The third kappa shape index (κ3) is 3.46. The van der Waals surface area contributed by atoms with Crippen molar-refractivity contribution in [3.05, 3.63) is 56.3 Å². The average Bonchev–Trinajstić information content (AvgIpc) is 2.65. The Labute approximate surface area is 120 Å². The molecule has 0 spiro atoms. The van der Waals surface area contributed by atoms with Crippen LogP contribution in [-0.4, -0.2) is 7.05 Å². The number of hydrogen-bond donors (Lipinski definition) is 1. The Kier molecular flexibility index (Phi) is 4.43. The molecule has 0 radical (unpaired) electrons. The molecule has 2 aromatic rings. The van der Waals surface area contributed by atoms with Gasteiger partial charge in [-0.1, -0.05) is 29.3 Å². The highest BCUT2D eigenvalue weighted by atomic mass is 32.1. The van der Waals surface area contributed by atoms with Gasteiger partial charge in [0, 0.05) is 15.8 Å². The molecule has 1 heterocycles. The minimum absolute atomic E-state index is 0.415.